The second-order valence-electron chi connectivity index (χ2n) is 7.46. The normalized spacial score (nSPS) is 30.9. The van der Waals surface area contributed by atoms with Crippen molar-refractivity contribution in [2.24, 2.45) is 11.3 Å². The molecule has 2 fully saturated rings. The maximum atomic E-state index is 9.80. The fourth-order valence-corrected chi connectivity index (χ4v) is 4.33. The van der Waals surface area contributed by atoms with Crippen LogP contribution in [0.2, 0.25) is 0 Å². The topological polar surface area (TPSA) is 32.3 Å². The third-order valence-corrected chi connectivity index (χ3v) is 5.80. The Morgan fingerprint density at radius 1 is 1.00 bits per heavy atom. The quantitative estimate of drug-likeness (QED) is 0.713. The molecule has 0 amide bonds. The maximum absolute atomic E-state index is 9.80. The van der Waals surface area contributed by atoms with Gasteiger partial charge in [0.05, 0.1) is 0 Å². The van der Waals surface area contributed by atoms with E-state index in [0.29, 0.717) is 12.6 Å². The standard InChI is InChI=1S/C18H35NO/c1-2-7-16-8-6-9-17(11-10-16)19-14-18(15-20)12-4-3-5-13-18/h16-17,19-20H,2-15H2,1H3. The Balaban J connectivity index is 1.75. The van der Waals surface area contributed by atoms with Crippen molar-refractivity contribution in [3.63, 3.8) is 0 Å². The monoisotopic (exact) mass is 281 g/mol. The third-order valence-electron chi connectivity index (χ3n) is 5.80. The fourth-order valence-electron chi connectivity index (χ4n) is 4.33. The van der Waals surface area contributed by atoms with Gasteiger partial charge < -0.3 is 10.4 Å². The summed E-state index contributed by atoms with van der Waals surface area (Å²) in [5.41, 5.74) is 0.202. The molecule has 0 spiro atoms. The highest BCUT2D eigenvalue weighted by molar-refractivity contribution is 4.86. The summed E-state index contributed by atoms with van der Waals surface area (Å²) in [4.78, 5) is 0. The lowest BCUT2D eigenvalue weighted by atomic mass is 9.74. The number of aliphatic hydroxyl groups excluding tert-OH is 1. The van der Waals surface area contributed by atoms with Gasteiger partial charge in [0, 0.05) is 24.6 Å². The van der Waals surface area contributed by atoms with Crippen LogP contribution in [0.5, 0.6) is 0 Å². The first-order valence-electron chi connectivity index (χ1n) is 9.12. The molecule has 2 rings (SSSR count). The van der Waals surface area contributed by atoms with Gasteiger partial charge in [0.15, 0.2) is 0 Å². The molecule has 118 valence electrons. The van der Waals surface area contributed by atoms with Gasteiger partial charge in [0.25, 0.3) is 0 Å². The number of rotatable bonds is 6. The van der Waals surface area contributed by atoms with E-state index >= 15 is 0 Å². The summed E-state index contributed by atoms with van der Waals surface area (Å²) in [5, 5.41) is 13.6. The first-order valence-corrected chi connectivity index (χ1v) is 9.12. The number of nitrogens with one attached hydrogen (secondary N) is 1. The van der Waals surface area contributed by atoms with E-state index in [1.54, 1.807) is 0 Å². The average molecular weight is 281 g/mol. The van der Waals surface area contributed by atoms with Crippen molar-refractivity contribution < 1.29 is 5.11 Å². The van der Waals surface area contributed by atoms with Gasteiger partial charge >= 0.3 is 0 Å². The van der Waals surface area contributed by atoms with E-state index in [4.69, 9.17) is 0 Å². The largest absolute Gasteiger partial charge is 0.396 e. The van der Waals surface area contributed by atoms with Crippen molar-refractivity contribution in [2.75, 3.05) is 13.2 Å². The van der Waals surface area contributed by atoms with E-state index in [0.717, 1.165) is 12.5 Å². The minimum atomic E-state index is 0.202. The van der Waals surface area contributed by atoms with Crippen molar-refractivity contribution in [1.82, 2.24) is 5.32 Å². The van der Waals surface area contributed by atoms with Crippen LogP contribution >= 0.6 is 0 Å². The van der Waals surface area contributed by atoms with E-state index < -0.39 is 0 Å². The summed E-state index contributed by atoms with van der Waals surface area (Å²) < 4.78 is 0. The highest BCUT2D eigenvalue weighted by Crippen LogP contribution is 2.36. The van der Waals surface area contributed by atoms with Crippen LogP contribution in [0.15, 0.2) is 0 Å². The molecule has 2 unspecified atom stereocenters. The van der Waals surface area contributed by atoms with Gasteiger partial charge in [-0.2, -0.15) is 0 Å². The van der Waals surface area contributed by atoms with Gasteiger partial charge in [-0.25, -0.2) is 0 Å². The lowest BCUT2D eigenvalue weighted by Crippen LogP contribution is -2.43. The molecule has 0 aromatic rings. The molecule has 0 aromatic heterocycles. The van der Waals surface area contributed by atoms with E-state index in [1.807, 2.05) is 0 Å². The van der Waals surface area contributed by atoms with E-state index in [-0.39, 0.29) is 5.41 Å². The van der Waals surface area contributed by atoms with Crippen LogP contribution in [-0.4, -0.2) is 24.3 Å². The predicted octanol–water partition coefficient (Wildman–Crippen LogP) is 4.27. The molecule has 0 aliphatic heterocycles. The van der Waals surface area contributed by atoms with Crippen molar-refractivity contribution in [3.8, 4) is 0 Å². The molecule has 2 aliphatic carbocycles. The molecule has 2 atom stereocenters. The first-order chi connectivity index (χ1) is 9.78. The second kappa shape index (κ2) is 8.38. The van der Waals surface area contributed by atoms with Crippen LogP contribution < -0.4 is 5.32 Å². The minimum Gasteiger partial charge on any atom is -0.396 e. The summed E-state index contributed by atoms with van der Waals surface area (Å²) in [6.07, 6.45) is 16.2. The molecule has 2 aliphatic rings. The van der Waals surface area contributed by atoms with Gasteiger partial charge in [0.2, 0.25) is 0 Å². The highest BCUT2D eigenvalue weighted by atomic mass is 16.3. The summed E-state index contributed by atoms with van der Waals surface area (Å²) in [6, 6.07) is 0.710. The van der Waals surface area contributed by atoms with Crippen LogP contribution in [0.4, 0.5) is 0 Å². The molecule has 0 aromatic carbocycles. The number of aliphatic hydroxyl groups is 1. The Morgan fingerprint density at radius 2 is 1.80 bits per heavy atom. The molecule has 2 N–H and O–H groups in total. The summed E-state index contributed by atoms with van der Waals surface area (Å²) in [5.74, 6) is 0.980. The Hall–Kier alpha value is -0.0800. The molecular formula is C18H35NO. The van der Waals surface area contributed by atoms with Crippen molar-refractivity contribution in [3.05, 3.63) is 0 Å². The van der Waals surface area contributed by atoms with Crippen LogP contribution in [0.25, 0.3) is 0 Å². The molecule has 0 saturated heterocycles. The molecule has 20 heavy (non-hydrogen) atoms. The van der Waals surface area contributed by atoms with Crippen molar-refractivity contribution in [2.45, 2.75) is 90.0 Å². The molecule has 0 radical (unpaired) electrons. The zero-order valence-electron chi connectivity index (χ0n) is 13.5. The maximum Gasteiger partial charge on any atom is 0.0499 e. The van der Waals surface area contributed by atoms with Gasteiger partial charge in [-0.3, -0.25) is 0 Å². The molecule has 2 nitrogen and oxygen atoms in total. The smallest absolute Gasteiger partial charge is 0.0499 e. The van der Waals surface area contributed by atoms with Crippen LogP contribution in [0, 0.1) is 11.3 Å². The number of hydrogen-bond acceptors (Lipinski definition) is 2. The summed E-state index contributed by atoms with van der Waals surface area (Å²) in [6.45, 7) is 3.74. The van der Waals surface area contributed by atoms with Crippen LogP contribution in [0.3, 0.4) is 0 Å². The lowest BCUT2D eigenvalue weighted by Gasteiger charge is -2.37. The first kappa shape index (κ1) is 16.3. The third kappa shape index (κ3) is 4.73. The zero-order chi connectivity index (χ0) is 14.3. The molecule has 2 saturated carbocycles. The molecule has 2 heteroatoms. The van der Waals surface area contributed by atoms with E-state index in [9.17, 15) is 5.11 Å². The Labute approximate surface area is 125 Å². The minimum absolute atomic E-state index is 0.202. The van der Waals surface area contributed by atoms with Crippen LogP contribution in [-0.2, 0) is 0 Å². The molecule has 0 heterocycles. The van der Waals surface area contributed by atoms with Crippen molar-refractivity contribution >= 4 is 0 Å². The summed E-state index contributed by atoms with van der Waals surface area (Å²) >= 11 is 0. The van der Waals surface area contributed by atoms with Gasteiger partial charge in [-0.1, -0.05) is 51.9 Å². The highest BCUT2D eigenvalue weighted by Gasteiger charge is 2.32. The Bertz CT molecular complexity index is 260. The lowest BCUT2D eigenvalue weighted by molar-refractivity contribution is 0.0776. The zero-order valence-corrected chi connectivity index (χ0v) is 13.5. The van der Waals surface area contributed by atoms with Gasteiger partial charge in [0.1, 0.15) is 0 Å². The summed E-state index contributed by atoms with van der Waals surface area (Å²) in [7, 11) is 0. The average Bonchev–Trinajstić information content (AvgIpc) is 2.72. The predicted molar refractivity (Wildman–Crippen MR) is 85.9 cm³/mol. The fraction of sp³-hybridized carbons (Fsp3) is 1.00. The van der Waals surface area contributed by atoms with E-state index in [1.165, 1.54) is 77.0 Å². The van der Waals surface area contributed by atoms with Gasteiger partial charge in [-0.15, -0.1) is 0 Å². The number of hydrogen-bond donors (Lipinski definition) is 2. The molecular weight excluding hydrogens is 246 g/mol. The molecule has 0 bridgehead atoms. The Kier molecular flexibility index (Phi) is 6.83. The Morgan fingerprint density at radius 3 is 2.50 bits per heavy atom. The SMILES string of the molecule is CCCC1CCCC(NCC2(CO)CCCCC2)CC1. The second-order valence-corrected chi connectivity index (χ2v) is 7.46. The van der Waals surface area contributed by atoms with Gasteiger partial charge in [-0.05, 0) is 38.0 Å². The van der Waals surface area contributed by atoms with Crippen molar-refractivity contribution in [1.29, 1.82) is 0 Å². The van der Waals surface area contributed by atoms with Crippen LogP contribution in [0.1, 0.15) is 84.0 Å². The van der Waals surface area contributed by atoms with E-state index in [2.05, 4.69) is 12.2 Å².